The second kappa shape index (κ2) is 4.59. The molecule has 3 rings (SSSR count). The Morgan fingerprint density at radius 2 is 2.06 bits per heavy atom. The molecule has 6 heteroatoms. The topological polar surface area (TPSA) is 60.6 Å². The summed E-state index contributed by atoms with van der Waals surface area (Å²) >= 11 is 1.43. The van der Waals surface area contributed by atoms with Crippen molar-refractivity contribution in [1.82, 2.24) is 4.37 Å². The minimum Gasteiger partial charge on any atom is -0.484 e. The van der Waals surface area contributed by atoms with E-state index < -0.39 is 0 Å². The molecule has 0 amide bonds. The lowest BCUT2D eigenvalue weighted by Crippen LogP contribution is -2.42. The number of nitrogens with zero attached hydrogens (tertiary/aromatic N) is 2. The zero-order valence-electron chi connectivity index (χ0n) is 10.8. The Labute approximate surface area is 111 Å². The van der Waals surface area contributed by atoms with Crippen LogP contribution in [0.25, 0.3) is 0 Å². The fourth-order valence-corrected chi connectivity index (χ4v) is 3.38. The quantitative estimate of drug-likeness (QED) is 0.908. The van der Waals surface area contributed by atoms with Gasteiger partial charge in [-0.15, -0.1) is 0 Å². The Kier molecular flexibility index (Phi) is 3.07. The molecule has 2 atom stereocenters. The second-order valence-corrected chi connectivity index (χ2v) is 5.98. The van der Waals surface area contributed by atoms with Gasteiger partial charge in [0.2, 0.25) is 0 Å². The highest BCUT2D eigenvalue weighted by atomic mass is 32.1. The number of ether oxygens (including phenoxy) is 2. The molecule has 0 radical (unpaired) electrons. The molecule has 1 aromatic rings. The Hall–Kier alpha value is -1.01. The Morgan fingerprint density at radius 1 is 1.39 bits per heavy atom. The maximum absolute atomic E-state index is 5.90. The van der Waals surface area contributed by atoms with Crippen molar-refractivity contribution in [2.45, 2.75) is 45.0 Å². The van der Waals surface area contributed by atoms with E-state index in [-0.39, 0.29) is 6.10 Å². The third-order valence-electron chi connectivity index (χ3n) is 3.34. The molecule has 18 heavy (non-hydrogen) atoms. The van der Waals surface area contributed by atoms with Crippen molar-refractivity contribution in [2.24, 2.45) is 0 Å². The van der Waals surface area contributed by atoms with Crippen LogP contribution in [0, 0.1) is 0 Å². The van der Waals surface area contributed by atoms with Crippen LogP contribution in [-0.2, 0) is 4.74 Å². The highest BCUT2D eigenvalue weighted by Gasteiger charge is 2.36. The van der Waals surface area contributed by atoms with Crippen molar-refractivity contribution in [2.75, 3.05) is 23.7 Å². The van der Waals surface area contributed by atoms with Crippen molar-refractivity contribution in [3.8, 4) is 5.75 Å². The van der Waals surface area contributed by atoms with Crippen LogP contribution >= 0.6 is 11.5 Å². The van der Waals surface area contributed by atoms with E-state index in [9.17, 15) is 0 Å². The van der Waals surface area contributed by atoms with Gasteiger partial charge in [0.25, 0.3) is 0 Å². The summed E-state index contributed by atoms with van der Waals surface area (Å²) in [5.74, 6) is 1.25. The zero-order chi connectivity index (χ0) is 12.7. The number of nitrogens with two attached hydrogens (primary N) is 1. The van der Waals surface area contributed by atoms with E-state index >= 15 is 0 Å². The molecule has 100 valence electrons. The first kappa shape index (κ1) is 12.0. The molecule has 0 aromatic carbocycles. The number of nitrogen functional groups attached to an aromatic ring is 1. The standard InChI is InChI=1S/C12H19N3O2S/c1-7(2)16-10-11(13)14-18-12(10)15-5-8-3-4-9(6-15)17-8/h7-9H,3-6H2,1-2H3,(H2,13,14). The molecule has 0 spiro atoms. The molecule has 2 bridgehead atoms. The van der Waals surface area contributed by atoms with Crippen molar-refractivity contribution in [1.29, 1.82) is 0 Å². The molecule has 0 saturated carbocycles. The Balaban J connectivity index is 1.83. The fraction of sp³-hybridized carbons (Fsp3) is 0.750. The third kappa shape index (κ3) is 2.14. The molecule has 2 saturated heterocycles. The molecule has 2 fully saturated rings. The monoisotopic (exact) mass is 269 g/mol. The summed E-state index contributed by atoms with van der Waals surface area (Å²) in [4.78, 5) is 2.32. The van der Waals surface area contributed by atoms with Crippen LogP contribution in [0.1, 0.15) is 26.7 Å². The predicted octanol–water partition coefficient (Wildman–Crippen LogP) is 1.88. The number of hydrogen-bond donors (Lipinski definition) is 1. The number of rotatable bonds is 3. The molecule has 2 unspecified atom stereocenters. The Morgan fingerprint density at radius 3 is 2.67 bits per heavy atom. The highest BCUT2D eigenvalue weighted by molar-refractivity contribution is 7.11. The van der Waals surface area contributed by atoms with Crippen LogP contribution in [0.2, 0.25) is 0 Å². The average molecular weight is 269 g/mol. The summed E-state index contributed by atoms with van der Waals surface area (Å²) in [7, 11) is 0. The first-order chi connectivity index (χ1) is 8.63. The average Bonchev–Trinajstić information content (AvgIpc) is 2.83. The van der Waals surface area contributed by atoms with Gasteiger partial charge in [0.1, 0.15) is 0 Å². The maximum Gasteiger partial charge on any atom is 0.198 e. The third-order valence-corrected chi connectivity index (χ3v) is 4.25. The van der Waals surface area contributed by atoms with E-state index in [1.807, 2.05) is 13.8 Å². The van der Waals surface area contributed by atoms with Crippen molar-refractivity contribution < 1.29 is 9.47 Å². The van der Waals surface area contributed by atoms with Gasteiger partial charge in [-0.3, -0.25) is 0 Å². The summed E-state index contributed by atoms with van der Waals surface area (Å²) in [6.07, 6.45) is 3.16. The number of fused-ring (bicyclic) bond motifs is 2. The van der Waals surface area contributed by atoms with E-state index in [1.54, 1.807) is 0 Å². The molecule has 2 aliphatic heterocycles. The normalized spacial score (nSPS) is 26.9. The molecular weight excluding hydrogens is 250 g/mol. The van der Waals surface area contributed by atoms with Crippen LogP contribution < -0.4 is 15.4 Å². The molecular formula is C12H19N3O2S. The second-order valence-electron chi connectivity index (χ2n) is 5.23. The smallest absolute Gasteiger partial charge is 0.198 e. The maximum atomic E-state index is 5.90. The largest absolute Gasteiger partial charge is 0.484 e. The number of aromatic nitrogens is 1. The van der Waals surface area contributed by atoms with Crippen LogP contribution in [0.15, 0.2) is 0 Å². The molecule has 2 aliphatic rings. The van der Waals surface area contributed by atoms with Gasteiger partial charge in [-0.2, -0.15) is 4.37 Å². The first-order valence-electron chi connectivity index (χ1n) is 6.45. The number of hydrogen-bond acceptors (Lipinski definition) is 6. The SMILES string of the molecule is CC(C)Oc1c(N)nsc1N1CC2CCC(C1)O2. The van der Waals surface area contributed by atoms with Crippen LogP contribution in [0.5, 0.6) is 5.75 Å². The zero-order valence-corrected chi connectivity index (χ0v) is 11.6. The lowest BCUT2D eigenvalue weighted by molar-refractivity contribution is 0.0305. The van der Waals surface area contributed by atoms with E-state index in [1.165, 1.54) is 11.5 Å². The van der Waals surface area contributed by atoms with Crippen LogP contribution in [0.4, 0.5) is 10.8 Å². The van der Waals surface area contributed by atoms with Gasteiger partial charge in [0, 0.05) is 13.1 Å². The fourth-order valence-electron chi connectivity index (χ4n) is 2.61. The lowest BCUT2D eigenvalue weighted by atomic mass is 10.2. The minimum absolute atomic E-state index is 0.111. The number of anilines is 2. The summed E-state index contributed by atoms with van der Waals surface area (Å²) in [5.41, 5.74) is 5.90. The van der Waals surface area contributed by atoms with Gasteiger partial charge in [0.15, 0.2) is 16.6 Å². The van der Waals surface area contributed by atoms with Crippen molar-refractivity contribution >= 4 is 22.4 Å². The van der Waals surface area contributed by atoms with Gasteiger partial charge < -0.3 is 20.1 Å². The van der Waals surface area contributed by atoms with Gasteiger partial charge in [-0.05, 0) is 38.2 Å². The van der Waals surface area contributed by atoms with Gasteiger partial charge in [-0.25, -0.2) is 0 Å². The lowest BCUT2D eigenvalue weighted by Gasteiger charge is -2.33. The van der Waals surface area contributed by atoms with Gasteiger partial charge >= 0.3 is 0 Å². The summed E-state index contributed by atoms with van der Waals surface area (Å²) in [6.45, 7) is 5.85. The predicted molar refractivity (Wildman–Crippen MR) is 72.4 cm³/mol. The van der Waals surface area contributed by atoms with Crippen LogP contribution in [0.3, 0.4) is 0 Å². The van der Waals surface area contributed by atoms with Gasteiger partial charge in [0.05, 0.1) is 18.3 Å². The van der Waals surface area contributed by atoms with Crippen molar-refractivity contribution in [3.05, 3.63) is 0 Å². The molecule has 3 heterocycles. The number of morpholine rings is 1. The van der Waals surface area contributed by atoms with E-state index in [0.29, 0.717) is 18.0 Å². The highest BCUT2D eigenvalue weighted by Crippen LogP contribution is 2.41. The molecule has 0 aliphatic carbocycles. The molecule has 1 aromatic heterocycles. The molecule has 2 N–H and O–H groups in total. The van der Waals surface area contributed by atoms with Gasteiger partial charge in [-0.1, -0.05) is 0 Å². The Bertz CT molecular complexity index is 423. The van der Waals surface area contributed by atoms with E-state index in [0.717, 1.165) is 36.7 Å². The first-order valence-corrected chi connectivity index (χ1v) is 7.23. The van der Waals surface area contributed by atoms with E-state index in [4.69, 9.17) is 15.2 Å². The summed E-state index contributed by atoms with van der Waals surface area (Å²) in [5, 5.41) is 1.06. The minimum atomic E-state index is 0.111. The molecule has 5 nitrogen and oxygen atoms in total. The van der Waals surface area contributed by atoms with E-state index in [2.05, 4.69) is 9.27 Å². The summed E-state index contributed by atoms with van der Waals surface area (Å²) in [6, 6.07) is 0. The van der Waals surface area contributed by atoms with Crippen LogP contribution in [-0.4, -0.2) is 35.8 Å². The summed E-state index contributed by atoms with van der Waals surface area (Å²) < 4.78 is 15.9. The van der Waals surface area contributed by atoms with Crippen molar-refractivity contribution in [3.63, 3.8) is 0 Å².